The molecule has 1 amide bonds. The second-order valence-electron chi connectivity index (χ2n) is 5.85. The molecule has 0 aliphatic carbocycles. The van der Waals surface area contributed by atoms with Crippen LogP contribution >= 0.6 is 0 Å². The van der Waals surface area contributed by atoms with Gasteiger partial charge in [0, 0.05) is 42.7 Å². The van der Waals surface area contributed by atoms with Crippen LogP contribution in [0.2, 0.25) is 0 Å². The van der Waals surface area contributed by atoms with Gasteiger partial charge < -0.3 is 19.8 Å². The normalized spacial score (nSPS) is 15.2. The Morgan fingerprint density at radius 3 is 2.67 bits per heavy atom. The summed E-state index contributed by atoms with van der Waals surface area (Å²) in [5.41, 5.74) is 2.47. The molecule has 1 N–H and O–H groups in total. The fourth-order valence-electron chi connectivity index (χ4n) is 2.86. The van der Waals surface area contributed by atoms with E-state index in [0.29, 0.717) is 6.54 Å². The summed E-state index contributed by atoms with van der Waals surface area (Å²) in [6.45, 7) is 7.28. The molecule has 1 aliphatic heterocycles. The SMILES string of the molecule is CC(=O)[O-].CCN1CCN(CCc2c[nH]c3ccccc23)C(=O)C1. The molecule has 2 heterocycles. The van der Waals surface area contributed by atoms with Crippen LogP contribution in [0.1, 0.15) is 19.4 Å². The number of piperazine rings is 1. The number of fused-ring (bicyclic) bond motifs is 1. The zero-order chi connectivity index (χ0) is 17.5. The first kappa shape index (κ1) is 18.0. The van der Waals surface area contributed by atoms with Crippen LogP contribution in [-0.2, 0) is 16.0 Å². The van der Waals surface area contributed by atoms with Crippen molar-refractivity contribution in [2.75, 3.05) is 32.7 Å². The van der Waals surface area contributed by atoms with Crippen LogP contribution in [0.15, 0.2) is 30.5 Å². The Bertz CT molecular complexity index is 692. The molecule has 1 aliphatic rings. The number of benzene rings is 1. The average Bonchev–Trinajstić information content (AvgIpc) is 2.96. The number of H-pyrrole nitrogens is 1. The predicted molar refractivity (Wildman–Crippen MR) is 91.4 cm³/mol. The summed E-state index contributed by atoms with van der Waals surface area (Å²) in [6, 6.07) is 8.32. The van der Waals surface area contributed by atoms with Crippen molar-refractivity contribution in [3.63, 3.8) is 0 Å². The van der Waals surface area contributed by atoms with Crippen LogP contribution in [0.4, 0.5) is 0 Å². The lowest BCUT2D eigenvalue weighted by Crippen LogP contribution is -2.50. The molecule has 0 atom stereocenters. The van der Waals surface area contributed by atoms with E-state index in [9.17, 15) is 4.79 Å². The van der Waals surface area contributed by atoms with E-state index in [1.807, 2.05) is 11.0 Å². The fraction of sp³-hybridized carbons (Fsp3) is 0.444. The number of rotatable bonds is 4. The summed E-state index contributed by atoms with van der Waals surface area (Å²) in [7, 11) is 0. The first-order valence-electron chi connectivity index (χ1n) is 8.24. The fourth-order valence-corrected chi connectivity index (χ4v) is 2.86. The van der Waals surface area contributed by atoms with Crippen molar-refractivity contribution in [3.8, 4) is 0 Å². The highest BCUT2D eigenvalue weighted by Crippen LogP contribution is 2.18. The lowest BCUT2D eigenvalue weighted by atomic mass is 10.1. The number of nitrogens with one attached hydrogen (secondary N) is 1. The van der Waals surface area contributed by atoms with Gasteiger partial charge in [-0.3, -0.25) is 9.69 Å². The van der Waals surface area contributed by atoms with Crippen LogP contribution in [0.3, 0.4) is 0 Å². The molecule has 3 rings (SSSR count). The first-order chi connectivity index (χ1) is 11.5. The Balaban J connectivity index is 0.000000471. The zero-order valence-corrected chi connectivity index (χ0v) is 14.2. The van der Waals surface area contributed by atoms with Gasteiger partial charge in [-0.1, -0.05) is 25.1 Å². The van der Waals surface area contributed by atoms with E-state index < -0.39 is 5.97 Å². The van der Waals surface area contributed by atoms with Crippen LogP contribution in [0.25, 0.3) is 10.9 Å². The zero-order valence-electron chi connectivity index (χ0n) is 14.2. The average molecular weight is 330 g/mol. The number of aromatic amines is 1. The number of carboxylic acid groups (broad SMARTS) is 1. The minimum Gasteiger partial charge on any atom is -0.550 e. The number of carbonyl (C=O) groups excluding carboxylic acids is 2. The van der Waals surface area contributed by atoms with E-state index in [-0.39, 0.29) is 5.91 Å². The van der Waals surface area contributed by atoms with Crippen LogP contribution in [0.5, 0.6) is 0 Å². The highest BCUT2D eigenvalue weighted by Gasteiger charge is 2.22. The van der Waals surface area contributed by atoms with E-state index in [0.717, 1.165) is 39.5 Å². The minimum atomic E-state index is -1.08. The number of carboxylic acids is 1. The second-order valence-corrected chi connectivity index (χ2v) is 5.85. The molecular weight excluding hydrogens is 306 g/mol. The maximum Gasteiger partial charge on any atom is 0.236 e. The number of carbonyl (C=O) groups is 2. The van der Waals surface area contributed by atoms with E-state index in [1.165, 1.54) is 16.5 Å². The number of hydrogen-bond acceptors (Lipinski definition) is 4. The summed E-state index contributed by atoms with van der Waals surface area (Å²) in [5, 5.41) is 10.2. The van der Waals surface area contributed by atoms with Crippen molar-refractivity contribution in [2.45, 2.75) is 20.3 Å². The molecule has 0 saturated carbocycles. The third-order valence-corrected chi connectivity index (χ3v) is 4.17. The van der Waals surface area contributed by atoms with Crippen molar-refractivity contribution in [3.05, 3.63) is 36.0 Å². The van der Waals surface area contributed by atoms with Gasteiger partial charge in [0.1, 0.15) is 0 Å². The molecule has 1 saturated heterocycles. The van der Waals surface area contributed by atoms with Crippen molar-refractivity contribution < 1.29 is 14.7 Å². The van der Waals surface area contributed by atoms with E-state index in [2.05, 4.69) is 41.2 Å². The number of likely N-dealkylation sites (N-methyl/N-ethyl adjacent to an activating group) is 1. The molecule has 24 heavy (non-hydrogen) atoms. The van der Waals surface area contributed by atoms with Gasteiger partial charge in [-0.05, 0) is 31.5 Å². The van der Waals surface area contributed by atoms with Gasteiger partial charge in [0.25, 0.3) is 0 Å². The Hall–Kier alpha value is -2.34. The highest BCUT2D eigenvalue weighted by atomic mass is 16.4. The van der Waals surface area contributed by atoms with Crippen molar-refractivity contribution in [1.29, 1.82) is 0 Å². The van der Waals surface area contributed by atoms with E-state index >= 15 is 0 Å². The van der Waals surface area contributed by atoms with Gasteiger partial charge in [-0.15, -0.1) is 0 Å². The number of para-hydroxylation sites is 1. The van der Waals surface area contributed by atoms with Gasteiger partial charge in [0.05, 0.1) is 6.54 Å². The predicted octanol–water partition coefficient (Wildman–Crippen LogP) is 0.631. The summed E-state index contributed by atoms with van der Waals surface area (Å²) in [6.07, 6.45) is 2.99. The van der Waals surface area contributed by atoms with Crippen LogP contribution < -0.4 is 5.11 Å². The minimum absolute atomic E-state index is 0.262. The lowest BCUT2D eigenvalue weighted by Gasteiger charge is -2.33. The second kappa shape index (κ2) is 8.49. The maximum absolute atomic E-state index is 12.1. The van der Waals surface area contributed by atoms with Crippen molar-refractivity contribution >= 4 is 22.8 Å². The largest absolute Gasteiger partial charge is 0.550 e. The summed E-state index contributed by atoms with van der Waals surface area (Å²) in [4.78, 5) is 28.4. The Kier molecular flexibility index (Phi) is 6.37. The molecule has 0 bridgehead atoms. The molecule has 130 valence electrons. The molecule has 2 aromatic rings. The topological polar surface area (TPSA) is 79.5 Å². The number of aromatic nitrogens is 1. The standard InChI is InChI=1S/C16H21N3O.C2H4O2/c1-2-18-9-10-19(16(20)12-18)8-7-13-11-17-15-6-4-3-5-14(13)15;1-2(3)4/h3-6,11,17H,2,7-10,12H2,1H3;1H3,(H,3,4)/p-1. The van der Waals surface area contributed by atoms with Crippen molar-refractivity contribution in [1.82, 2.24) is 14.8 Å². The molecule has 1 aromatic carbocycles. The van der Waals surface area contributed by atoms with Crippen LogP contribution in [0, 0.1) is 0 Å². The quantitative estimate of drug-likeness (QED) is 0.892. The Labute approximate surface area is 142 Å². The molecule has 6 nitrogen and oxygen atoms in total. The molecule has 0 spiro atoms. The van der Waals surface area contributed by atoms with Gasteiger partial charge in [0.15, 0.2) is 0 Å². The number of aliphatic carboxylic acids is 1. The van der Waals surface area contributed by atoms with E-state index in [1.54, 1.807) is 0 Å². The smallest absolute Gasteiger partial charge is 0.236 e. The Morgan fingerprint density at radius 2 is 2.00 bits per heavy atom. The van der Waals surface area contributed by atoms with Gasteiger partial charge in [-0.25, -0.2) is 0 Å². The molecule has 1 aromatic heterocycles. The highest BCUT2D eigenvalue weighted by molar-refractivity contribution is 5.83. The van der Waals surface area contributed by atoms with Gasteiger partial charge in [-0.2, -0.15) is 0 Å². The summed E-state index contributed by atoms with van der Waals surface area (Å²) in [5.74, 6) is -0.821. The third kappa shape index (κ3) is 4.83. The van der Waals surface area contributed by atoms with E-state index in [4.69, 9.17) is 9.90 Å². The monoisotopic (exact) mass is 330 g/mol. The maximum atomic E-state index is 12.1. The molecule has 1 fully saturated rings. The lowest BCUT2D eigenvalue weighted by molar-refractivity contribution is -0.302. The summed E-state index contributed by atoms with van der Waals surface area (Å²) >= 11 is 0. The molecular formula is C18H24N3O3-. The summed E-state index contributed by atoms with van der Waals surface area (Å²) < 4.78 is 0. The number of nitrogens with zero attached hydrogens (tertiary/aromatic N) is 2. The third-order valence-electron chi connectivity index (χ3n) is 4.17. The first-order valence-corrected chi connectivity index (χ1v) is 8.24. The molecule has 0 unspecified atom stereocenters. The molecule has 6 heteroatoms. The number of amides is 1. The molecule has 0 radical (unpaired) electrons. The van der Waals surface area contributed by atoms with Gasteiger partial charge >= 0.3 is 0 Å². The van der Waals surface area contributed by atoms with Crippen molar-refractivity contribution in [2.24, 2.45) is 0 Å². The Morgan fingerprint density at radius 1 is 1.29 bits per heavy atom. The number of hydrogen-bond donors (Lipinski definition) is 1. The van der Waals surface area contributed by atoms with Gasteiger partial charge in [0.2, 0.25) is 5.91 Å². The van der Waals surface area contributed by atoms with Crippen LogP contribution in [-0.4, -0.2) is 59.4 Å².